The summed E-state index contributed by atoms with van der Waals surface area (Å²) in [7, 11) is 1.52. The van der Waals surface area contributed by atoms with Crippen LogP contribution in [-0.2, 0) is 4.79 Å². The van der Waals surface area contributed by atoms with Crippen LogP contribution in [0.15, 0.2) is 29.3 Å². The van der Waals surface area contributed by atoms with E-state index in [2.05, 4.69) is 9.73 Å². The molecule has 5 nitrogen and oxygen atoms in total. The number of guanidine groups is 1. The zero-order valence-electron chi connectivity index (χ0n) is 9.51. The lowest BCUT2D eigenvalue weighted by Gasteiger charge is -2.10. The van der Waals surface area contributed by atoms with Crippen LogP contribution < -0.4 is 10.5 Å². The molecule has 1 aliphatic heterocycles. The van der Waals surface area contributed by atoms with Crippen LogP contribution in [0.4, 0.5) is 8.78 Å². The second-order valence-electron chi connectivity index (χ2n) is 3.73. The molecule has 0 aliphatic carbocycles. The zero-order chi connectivity index (χ0) is 13.3. The molecule has 0 fully saturated rings. The summed E-state index contributed by atoms with van der Waals surface area (Å²) in [4.78, 5) is 17.0. The van der Waals surface area contributed by atoms with E-state index in [-0.39, 0.29) is 17.6 Å². The van der Waals surface area contributed by atoms with Gasteiger partial charge in [0.2, 0.25) is 0 Å². The third-order valence-corrected chi connectivity index (χ3v) is 2.59. The number of amides is 1. The summed E-state index contributed by atoms with van der Waals surface area (Å²) >= 11 is 0. The van der Waals surface area contributed by atoms with Gasteiger partial charge in [-0.3, -0.25) is 9.69 Å². The lowest BCUT2D eigenvalue weighted by molar-refractivity contribution is -0.126. The van der Waals surface area contributed by atoms with Crippen LogP contribution in [0.3, 0.4) is 0 Å². The number of nitrogens with two attached hydrogens (primary N) is 1. The van der Waals surface area contributed by atoms with Crippen molar-refractivity contribution in [1.82, 2.24) is 4.90 Å². The van der Waals surface area contributed by atoms with Gasteiger partial charge in [-0.05, 0) is 17.7 Å². The first-order valence-electron chi connectivity index (χ1n) is 5.14. The van der Waals surface area contributed by atoms with E-state index in [0.29, 0.717) is 5.56 Å². The van der Waals surface area contributed by atoms with Crippen molar-refractivity contribution >= 4 is 11.9 Å². The highest BCUT2D eigenvalue weighted by molar-refractivity contribution is 6.04. The predicted octanol–water partition coefficient (Wildman–Crippen LogP) is 1.12. The van der Waals surface area contributed by atoms with Gasteiger partial charge in [0.1, 0.15) is 5.75 Å². The highest BCUT2D eigenvalue weighted by Crippen LogP contribution is 2.26. The van der Waals surface area contributed by atoms with Gasteiger partial charge in [0.15, 0.2) is 12.0 Å². The summed E-state index contributed by atoms with van der Waals surface area (Å²) in [6.45, 7) is -2.87. The molecule has 0 spiro atoms. The zero-order valence-corrected chi connectivity index (χ0v) is 9.51. The van der Waals surface area contributed by atoms with Gasteiger partial charge >= 0.3 is 6.61 Å². The molecule has 0 radical (unpaired) electrons. The fourth-order valence-corrected chi connectivity index (χ4v) is 1.62. The summed E-state index contributed by atoms with van der Waals surface area (Å²) in [6, 6.07) is 5.03. The van der Waals surface area contributed by atoms with E-state index in [4.69, 9.17) is 5.73 Å². The molecule has 0 bridgehead atoms. The van der Waals surface area contributed by atoms with Crippen LogP contribution in [0.2, 0.25) is 0 Å². The number of carbonyl (C=O) groups is 1. The maximum absolute atomic E-state index is 12.0. The van der Waals surface area contributed by atoms with Gasteiger partial charge in [-0.1, -0.05) is 12.1 Å². The van der Waals surface area contributed by atoms with Gasteiger partial charge in [-0.15, -0.1) is 0 Å². The van der Waals surface area contributed by atoms with Crippen LogP contribution in [0.5, 0.6) is 5.75 Å². The SMILES string of the molecule is CN1C(=O)[C@H](c2ccc(OC(F)F)cc2)N=C1N. The Hall–Kier alpha value is -2.18. The molecular formula is C11H11F2N3O2. The molecule has 1 atom stereocenters. The molecule has 2 N–H and O–H groups in total. The smallest absolute Gasteiger partial charge is 0.387 e. The largest absolute Gasteiger partial charge is 0.435 e. The molecular weight excluding hydrogens is 244 g/mol. The Labute approximate surface area is 102 Å². The van der Waals surface area contributed by atoms with E-state index in [1.807, 2.05) is 0 Å². The van der Waals surface area contributed by atoms with Gasteiger partial charge in [0.25, 0.3) is 5.91 Å². The van der Waals surface area contributed by atoms with Gasteiger partial charge in [0.05, 0.1) is 0 Å². The Morgan fingerprint density at radius 3 is 2.44 bits per heavy atom. The topological polar surface area (TPSA) is 67.9 Å². The molecule has 0 aromatic heterocycles. The van der Waals surface area contributed by atoms with Gasteiger partial charge in [-0.2, -0.15) is 8.78 Å². The number of ether oxygens (including phenoxy) is 1. The predicted molar refractivity (Wildman–Crippen MR) is 60.2 cm³/mol. The average molecular weight is 255 g/mol. The van der Waals surface area contributed by atoms with Crippen molar-refractivity contribution in [1.29, 1.82) is 0 Å². The minimum atomic E-state index is -2.87. The van der Waals surface area contributed by atoms with Gasteiger partial charge in [0, 0.05) is 7.05 Å². The summed E-state index contributed by atoms with van der Waals surface area (Å²) in [5, 5.41) is 0. The monoisotopic (exact) mass is 255 g/mol. The Morgan fingerprint density at radius 2 is 2.00 bits per heavy atom. The van der Waals surface area contributed by atoms with E-state index < -0.39 is 12.7 Å². The summed E-state index contributed by atoms with van der Waals surface area (Å²) in [5.41, 5.74) is 6.10. The summed E-state index contributed by atoms with van der Waals surface area (Å²) < 4.78 is 28.1. The molecule has 0 saturated heterocycles. The number of aliphatic imine (C=N–C) groups is 1. The first-order valence-corrected chi connectivity index (χ1v) is 5.14. The lowest BCUT2D eigenvalue weighted by Crippen LogP contribution is -2.34. The van der Waals surface area contributed by atoms with Crippen molar-refractivity contribution in [3.8, 4) is 5.75 Å². The van der Waals surface area contributed by atoms with Crippen molar-refractivity contribution in [3.63, 3.8) is 0 Å². The number of rotatable bonds is 3. The van der Waals surface area contributed by atoms with Crippen molar-refractivity contribution < 1.29 is 18.3 Å². The maximum Gasteiger partial charge on any atom is 0.387 e. The maximum atomic E-state index is 12.0. The highest BCUT2D eigenvalue weighted by Gasteiger charge is 2.31. The third-order valence-electron chi connectivity index (χ3n) is 2.59. The molecule has 1 aromatic rings. The first kappa shape index (κ1) is 12.3. The summed E-state index contributed by atoms with van der Waals surface area (Å²) in [5.74, 6) is -0.0857. The Kier molecular flexibility index (Phi) is 3.14. The fraction of sp³-hybridized carbons (Fsp3) is 0.273. The second kappa shape index (κ2) is 4.59. The quantitative estimate of drug-likeness (QED) is 0.879. The van der Waals surface area contributed by atoms with Crippen LogP contribution >= 0.6 is 0 Å². The van der Waals surface area contributed by atoms with Crippen LogP contribution in [0, 0.1) is 0 Å². The standard InChI is InChI=1S/C11H11F2N3O2/c1-16-9(17)8(15-11(16)14)6-2-4-7(5-3-6)18-10(12)13/h2-5,8,10H,1H3,(H2,14,15)/t8-/m0/s1. The molecule has 1 amide bonds. The van der Waals surface area contributed by atoms with Crippen LogP contribution in [-0.4, -0.2) is 30.4 Å². The molecule has 1 aliphatic rings. The first-order chi connectivity index (χ1) is 8.49. The van der Waals surface area contributed by atoms with E-state index >= 15 is 0 Å². The lowest BCUT2D eigenvalue weighted by atomic mass is 10.1. The number of hydrogen-bond donors (Lipinski definition) is 1. The Bertz CT molecular complexity index is 488. The van der Waals surface area contributed by atoms with E-state index in [0.717, 1.165) is 0 Å². The van der Waals surface area contributed by atoms with E-state index in [1.165, 1.54) is 36.2 Å². The highest BCUT2D eigenvalue weighted by atomic mass is 19.3. The molecule has 0 unspecified atom stereocenters. The Balaban J connectivity index is 2.18. The number of alkyl halides is 2. The van der Waals surface area contributed by atoms with Crippen LogP contribution in [0.25, 0.3) is 0 Å². The number of likely N-dealkylation sites (N-methyl/N-ethyl adjacent to an activating group) is 1. The molecule has 1 heterocycles. The van der Waals surface area contributed by atoms with Crippen LogP contribution in [0.1, 0.15) is 11.6 Å². The molecule has 2 rings (SSSR count). The fourth-order valence-electron chi connectivity index (χ4n) is 1.62. The van der Waals surface area contributed by atoms with Crippen molar-refractivity contribution in [2.45, 2.75) is 12.7 Å². The Morgan fingerprint density at radius 1 is 1.39 bits per heavy atom. The summed E-state index contributed by atoms with van der Waals surface area (Å²) in [6.07, 6.45) is 0. The number of halogens is 2. The minimum absolute atomic E-state index is 0.0319. The number of benzene rings is 1. The number of carbonyl (C=O) groups excluding carboxylic acids is 1. The van der Waals surface area contributed by atoms with E-state index in [1.54, 1.807) is 0 Å². The normalized spacial score (nSPS) is 19.3. The number of nitrogens with zero attached hydrogens (tertiary/aromatic N) is 2. The molecule has 7 heteroatoms. The molecule has 1 aromatic carbocycles. The van der Waals surface area contributed by atoms with E-state index in [9.17, 15) is 13.6 Å². The second-order valence-corrected chi connectivity index (χ2v) is 3.73. The average Bonchev–Trinajstić information content (AvgIpc) is 2.57. The molecule has 18 heavy (non-hydrogen) atoms. The van der Waals surface area contributed by atoms with Crippen molar-refractivity contribution in [2.24, 2.45) is 10.7 Å². The molecule has 0 saturated carbocycles. The third kappa shape index (κ3) is 2.24. The minimum Gasteiger partial charge on any atom is -0.435 e. The molecule has 96 valence electrons. The van der Waals surface area contributed by atoms with Gasteiger partial charge < -0.3 is 10.5 Å². The van der Waals surface area contributed by atoms with Crippen molar-refractivity contribution in [2.75, 3.05) is 7.05 Å². The van der Waals surface area contributed by atoms with Gasteiger partial charge in [-0.25, -0.2) is 4.99 Å². The van der Waals surface area contributed by atoms with Crippen molar-refractivity contribution in [3.05, 3.63) is 29.8 Å². The number of hydrogen-bond acceptors (Lipinski definition) is 4.